The van der Waals surface area contributed by atoms with Crippen molar-refractivity contribution in [3.05, 3.63) is 30.1 Å². The van der Waals surface area contributed by atoms with Crippen LogP contribution in [0, 0.1) is 5.82 Å². The average molecular weight is 210 g/mol. The van der Waals surface area contributed by atoms with E-state index in [1.54, 1.807) is 6.07 Å². The zero-order chi connectivity index (χ0) is 11.3. The van der Waals surface area contributed by atoms with Gasteiger partial charge >= 0.3 is 6.03 Å². The molecule has 0 unspecified atom stereocenters. The largest absolute Gasteiger partial charge is 0.331 e. The summed E-state index contributed by atoms with van der Waals surface area (Å²) in [5, 5.41) is 4.72. The normalized spacial score (nSPS) is 9.47. The van der Waals surface area contributed by atoms with Crippen LogP contribution in [0.15, 0.2) is 24.3 Å². The standard InChI is InChI=1S/C10H11FN2O2/c1-7(14)6-12-10(15)13-9-4-2-3-8(11)5-9/h2-5H,6H2,1H3,(H2,12,13,15). The van der Waals surface area contributed by atoms with Gasteiger partial charge in [-0.25, -0.2) is 9.18 Å². The summed E-state index contributed by atoms with van der Waals surface area (Å²) in [7, 11) is 0. The molecule has 0 saturated heterocycles. The number of hydrogen-bond acceptors (Lipinski definition) is 2. The molecule has 2 amide bonds. The number of carbonyl (C=O) groups is 2. The first-order valence-electron chi connectivity index (χ1n) is 4.38. The number of halogens is 1. The molecule has 4 nitrogen and oxygen atoms in total. The number of ketones is 1. The molecule has 0 aliphatic rings. The van der Waals surface area contributed by atoms with Crippen LogP contribution in [0.2, 0.25) is 0 Å². The average Bonchev–Trinajstić information content (AvgIpc) is 2.15. The smallest absolute Gasteiger partial charge is 0.319 e. The zero-order valence-corrected chi connectivity index (χ0v) is 8.21. The fourth-order valence-electron chi connectivity index (χ4n) is 0.946. The van der Waals surface area contributed by atoms with Gasteiger partial charge in [0.1, 0.15) is 11.6 Å². The fourth-order valence-corrected chi connectivity index (χ4v) is 0.946. The van der Waals surface area contributed by atoms with Gasteiger partial charge in [-0.2, -0.15) is 0 Å². The number of nitrogens with one attached hydrogen (secondary N) is 2. The van der Waals surface area contributed by atoms with Crippen LogP contribution in [0.4, 0.5) is 14.9 Å². The van der Waals surface area contributed by atoms with Crippen LogP contribution in [-0.4, -0.2) is 18.4 Å². The molecular weight excluding hydrogens is 199 g/mol. The van der Waals surface area contributed by atoms with Crippen molar-refractivity contribution in [3.63, 3.8) is 0 Å². The summed E-state index contributed by atoms with van der Waals surface area (Å²) >= 11 is 0. The van der Waals surface area contributed by atoms with Crippen LogP contribution < -0.4 is 10.6 Å². The van der Waals surface area contributed by atoms with Gasteiger partial charge in [-0.15, -0.1) is 0 Å². The number of carbonyl (C=O) groups excluding carboxylic acids is 2. The van der Waals surface area contributed by atoms with E-state index >= 15 is 0 Å². The third kappa shape index (κ3) is 4.21. The molecule has 0 aromatic heterocycles. The lowest BCUT2D eigenvalue weighted by molar-refractivity contribution is -0.116. The van der Waals surface area contributed by atoms with Gasteiger partial charge in [0, 0.05) is 5.69 Å². The Hall–Kier alpha value is -1.91. The lowest BCUT2D eigenvalue weighted by Gasteiger charge is -2.05. The summed E-state index contributed by atoms with van der Waals surface area (Å²) in [5.41, 5.74) is 0.344. The van der Waals surface area contributed by atoms with Crippen LogP contribution in [0.1, 0.15) is 6.92 Å². The maximum Gasteiger partial charge on any atom is 0.319 e. The highest BCUT2D eigenvalue weighted by Crippen LogP contribution is 2.08. The summed E-state index contributed by atoms with van der Waals surface area (Å²) in [6.07, 6.45) is 0. The molecule has 1 aromatic rings. The molecule has 2 N–H and O–H groups in total. The molecule has 80 valence electrons. The molecule has 0 aliphatic heterocycles. The van der Waals surface area contributed by atoms with Gasteiger partial charge in [0.05, 0.1) is 6.54 Å². The first-order chi connectivity index (χ1) is 7.08. The zero-order valence-electron chi connectivity index (χ0n) is 8.21. The van der Waals surface area contributed by atoms with E-state index in [1.165, 1.54) is 25.1 Å². The lowest BCUT2D eigenvalue weighted by Crippen LogP contribution is -2.32. The number of rotatable bonds is 3. The van der Waals surface area contributed by atoms with E-state index < -0.39 is 11.8 Å². The Morgan fingerprint density at radius 1 is 1.40 bits per heavy atom. The Bertz CT molecular complexity index is 379. The van der Waals surface area contributed by atoms with Crippen molar-refractivity contribution < 1.29 is 14.0 Å². The van der Waals surface area contributed by atoms with E-state index in [9.17, 15) is 14.0 Å². The molecule has 0 radical (unpaired) electrons. The van der Waals surface area contributed by atoms with Gasteiger partial charge in [0.25, 0.3) is 0 Å². The lowest BCUT2D eigenvalue weighted by atomic mass is 10.3. The molecular formula is C10H11FN2O2. The van der Waals surface area contributed by atoms with E-state index in [4.69, 9.17) is 0 Å². The molecule has 0 aliphatic carbocycles. The summed E-state index contributed by atoms with van der Waals surface area (Å²) in [6, 6.07) is 4.97. The molecule has 0 atom stereocenters. The minimum absolute atomic E-state index is 0.0405. The molecule has 0 spiro atoms. The Morgan fingerprint density at radius 2 is 2.13 bits per heavy atom. The highest BCUT2D eigenvalue weighted by atomic mass is 19.1. The topological polar surface area (TPSA) is 58.2 Å². The van der Waals surface area contributed by atoms with Gasteiger partial charge in [-0.3, -0.25) is 4.79 Å². The highest BCUT2D eigenvalue weighted by Gasteiger charge is 2.02. The summed E-state index contributed by atoms with van der Waals surface area (Å²) < 4.78 is 12.7. The van der Waals surface area contributed by atoms with Crippen molar-refractivity contribution in [2.45, 2.75) is 6.92 Å². The molecule has 0 fully saturated rings. The van der Waals surface area contributed by atoms with Gasteiger partial charge in [0.2, 0.25) is 0 Å². The van der Waals surface area contributed by atoms with Crippen LogP contribution in [-0.2, 0) is 4.79 Å². The van der Waals surface area contributed by atoms with E-state index in [2.05, 4.69) is 10.6 Å². The third-order valence-electron chi connectivity index (χ3n) is 1.58. The maximum atomic E-state index is 12.7. The van der Waals surface area contributed by atoms with Gasteiger partial charge in [-0.05, 0) is 25.1 Å². The molecule has 1 rings (SSSR count). The van der Waals surface area contributed by atoms with Crippen LogP contribution in [0.25, 0.3) is 0 Å². The predicted molar refractivity (Wildman–Crippen MR) is 54.1 cm³/mol. The second kappa shape index (κ2) is 5.09. The van der Waals surface area contributed by atoms with E-state index in [1.807, 2.05) is 0 Å². The van der Waals surface area contributed by atoms with E-state index in [-0.39, 0.29) is 12.3 Å². The second-order valence-corrected chi connectivity index (χ2v) is 3.02. The van der Waals surface area contributed by atoms with Gasteiger partial charge in [-0.1, -0.05) is 6.07 Å². The Morgan fingerprint density at radius 3 is 2.73 bits per heavy atom. The first kappa shape index (κ1) is 11.2. The minimum atomic E-state index is -0.532. The highest BCUT2D eigenvalue weighted by molar-refractivity contribution is 5.92. The van der Waals surface area contributed by atoms with Gasteiger partial charge < -0.3 is 10.6 Å². The monoisotopic (exact) mass is 210 g/mol. The van der Waals surface area contributed by atoms with Crippen LogP contribution in [0.5, 0.6) is 0 Å². The SMILES string of the molecule is CC(=O)CNC(=O)Nc1cccc(F)c1. The first-order valence-corrected chi connectivity index (χ1v) is 4.38. The summed E-state index contributed by atoms with van der Waals surface area (Å²) in [6.45, 7) is 1.32. The van der Waals surface area contributed by atoms with Crippen molar-refractivity contribution in [1.29, 1.82) is 0 Å². The van der Waals surface area contributed by atoms with E-state index in [0.29, 0.717) is 5.69 Å². The number of hydrogen-bond donors (Lipinski definition) is 2. The minimum Gasteiger partial charge on any atom is -0.331 e. The van der Waals surface area contributed by atoms with Crippen molar-refractivity contribution >= 4 is 17.5 Å². The number of urea groups is 1. The number of Topliss-reactive ketones (excluding diaryl/α,β-unsaturated/α-hetero) is 1. The van der Waals surface area contributed by atoms with E-state index in [0.717, 1.165) is 0 Å². The van der Waals surface area contributed by atoms with Crippen molar-refractivity contribution in [2.24, 2.45) is 0 Å². The predicted octanol–water partition coefficient (Wildman–Crippen LogP) is 1.54. The number of benzene rings is 1. The van der Waals surface area contributed by atoms with Crippen molar-refractivity contribution in [2.75, 3.05) is 11.9 Å². The molecule has 15 heavy (non-hydrogen) atoms. The van der Waals surface area contributed by atoms with Crippen LogP contribution >= 0.6 is 0 Å². The van der Waals surface area contributed by atoms with Crippen molar-refractivity contribution in [1.82, 2.24) is 5.32 Å². The van der Waals surface area contributed by atoms with Crippen molar-refractivity contribution in [3.8, 4) is 0 Å². The summed E-state index contributed by atoms with van der Waals surface area (Å²) in [5.74, 6) is -0.580. The third-order valence-corrected chi connectivity index (χ3v) is 1.58. The molecule has 0 saturated carbocycles. The maximum absolute atomic E-state index is 12.7. The quantitative estimate of drug-likeness (QED) is 0.794. The molecule has 5 heteroatoms. The molecule has 0 bridgehead atoms. The Labute approximate surface area is 86.5 Å². The Kier molecular flexibility index (Phi) is 3.79. The molecule has 0 heterocycles. The number of anilines is 1. The second-order valence-electron chi connectivity index (χ2n) is 3.02. The Balaban J connectivity index is 2.48. The fraction of sp³-hybridized carbons (Fsp3) is 0.200. The number of amides is 2. The summed E-state index contributed by atoms with van der Waals surface area (Å²) in [4.78, 5) is 21.7. The molecule has 1 aromatic carbocycles. The van der Waals surface area contributed by atoms with Gasteiger partial charge in [0.15, 0.2) is 0 Å². The van der Waals surface area contributed by atoms with Crippen LogP contribution in [0.3, 0.4) is 0 Å².